The third-order valence-electron chi connectivity index (χ3n) is 5.05. The maximum Gasteiger partial charge on any atom is 0.329 e. The Kier molecular flexibility index (Phi) is 5.09. The number of carbonyl (C=O) groups is 2. The Bertz CT molecular complexity index is 904. The van der Waals surface area contributed by atoms with Gasteiger partial charge in [-0.3, -0.25) is 20.0 Å². The number of nitrogens with zero attached hydrogens (tertiary/aromatic N) is 2. The van der Waals surface area contributed by atoms with Crippen molar-refractivity contribution in [2.75, 3.05) is 22.9 Å². The minimum absolute atomic E-state index is 0.00756. The van der Waals surface area contributed by atoms with Gasteiger partial charge in [-0.15, -0.1) is 0 Å². The Morgan fingerprint density at radius 3 is 1.93 bits per heavy atom. The topological polar surface area (TPSA) is 111 Å². The molecule has 0 bridgehead atoms. The van der Waals surface area contributed by atoms with E-state index in [0.717, 1.165) is 16.9 Å². The summed E-state index contributed by atoms with van der Waals surface area (Å²) in [5.74, 6) is -0.845. The molecular formula is C21H24N4O3. The zero-order chi connectivity index (χ0) is 20.5. The number of urea groups is 1. The number of anilines is 2. The highest BCUT2D eigenvalue weighted by Crippen LogP contribution is 2.30. The molecule has 2 amide bonds. The van der Waals surface area contributed by atoms with Crippen molar-refractivity contribution in [1.29, 1.82) is 5.41 Å². The minimum atomic E-state index is -0.838. The predicted molar refractivity (Wildman–Crippen MR) is 109 cm³/mol. The maximum absolute atomic E-state index is 12.9. The average Bonchev–Trinajstić information content (AvgIpc) is 3.02. The van der Waals surface area contributed by atoms with E-state index in [0.29, 0.717) is 18.7 Å². The van der Waals surface area contributed by atoms with Crippen LogP contribution in [0.2, 0.25) is 0 Å². The number of nitrogens with two attached hydrogens (primary N) is 1. The first-order chi connectivity index (χ1) is 13.2. The van der Waals surface area contributed by atoms with Gasteiger partial charge in [0.2, 0.25) is 0 Å². The third kappa shape index (κ3) is 3.83. The second-order valence-electron chi connectivity index (χ2n) is 7.55. The number of aliphatic carboxylic acids is 1. The summed E-state index contributed by atoms with van der Waals surface area (Å²) in [5.41, 5.74) is 8.07. The smallest absolute Gasteiger partial charge is 0.329 e. The fourth-order valence-electron chi connectivity index (χ4n) is 3.41. The molecule has 2 aromatic rings. The number of amidine groups is 1. The van der Waals surface area contributed by atoms with Crippen LogP contribution in [0.1, 0.15) is 31.4 Å². The van der Waals surface area contributed by atoms with Crippen LogP contribution in [-0.4, -0.2) is 36.0 Å². The Balaban J connectivity index is 1.76. The standard InChI is InChI=1S/C21H24N4O3/c1-21(2,13-18(26)27)15-5-9-17(10-6-15)25-12-11-24(20(25)28)16-7-3-14(4-8-16)19(22)23/h3-10H,11-13H2,1-2H3,(H3,22,23)(H,26,27). The molecule has 0 unspecified atom stereocenters. The summed E-state index contributed by atoms with van der Waals surface area (Å²) in [6, 6.07) is 14.4. The van der Waals surface area contributed by atoms with Crippen LogP contribution in [-0.2, 0) is 10.2 Å². The van der Waals surface area contributed by atoms with Crippen LogP contribution < -0.4 is 15.5 Å². The van der Waals surface area contributed by atoms with Gasteiger partial charge in [-0.05, 0) is 42.0 Å². The molecule has 0 saturated carbocycles. The summed E-state index contributed by atoms with van der Waals surface area (Å²) < 4.78 is 0. The fourth-order valence-corrected chi connectivity index (χ4v) is 3.41. The molecule has 0 spiro atoms. The number of nitrogens with one attached hydrogen (secondary N) is 1. The van der Waals surface area contributed by atoms with E-state index in [1.54, 1.807) is 34.1 Å². The molecular weight excluding hydrogens is 356 g/mol. The van der Waals surface area contributed by atoms with Crippen molar-refractivity contribution >= 4 is 29.2 Å². The second-order valence-corrected chi connectivity index (χ2v) is 7.55. The summed E-state index contributed by atoms with van der Waals surface area (Å²) >= 11 is 0. The summed E-state index contributed by atoms with van der Waals surface area (Å²) in [6.45, 7) is 4.91. The van der Waals surface area contributed by atoms with Gasteiger partial charge < -0.3 is 10.8 Å². The summed E-state index contributed by atoms with van der Waals surface area (Å²) in [7, 11) is 0. The van der Waals surface area contributed by atoms with Crippen LogP contribution in [0.5, 0.6) is 0 Å². The van der Waals surface area contributed by atoms with E-state index in [-0.39, 0.29) is 18.3 Å². The fraction of sp³-hybridized carbons (Fsp3) is 0.286. The summed E-state index contributed by atoms with van der Waals surface area (Å²) in [4.78, 5) is 27.3. The maximum atomic E-state index is 12.9. The largest absolute Gasteiger partial charge is 0.481 e. The molecule has 146 valence electrons. The van der Waals surface area contributed by atoms with Crippen molar-refractivity contribution in [3.63, 3.8) is 0 Å². The number of rotatable bonds is 6. The number of carboxylic acids is 1. The molecule has 1 saturated heterocycles. The molecule has 2 aromatic carbocycles. The SMILES string of the molecule is CC(C)(CC(=O)O)c1ccc(N2CCN(c3ccc(C(=N)N)cc3)C2=O)cc1. The molecule has 4 N–H and O–H groups in total. The quantitative estimate of drug-likeness (QED) is 0.528. The molecule has 7 heteroatoms. The van der Waals surface area contributed by atoms with Gasteiger partial charge in [0.1, 0.15) is 5.84 Å². The summed E-state index contributed by atoms with van der Waals surface area (Å²) in [5, 5.41) is 16.5. The lowest BCUT2D eigenvalue weighted by atomic mass is 9.81. The van der Waals surface area contributed by atoms with E-state index in [9.17, 15) is 9.59 Å². The molecule has 1 heterocycles. The molecule has 0 atom stereocenters. The van der Waals surface area contributed by atoms with Gasteiger partial charge in [0.05, 0.1) is 6.42 Å². The van der Waals surface area contributed by atoms with Crippen LogP contribution in [0.3, 0.4) is 0 Å². The van der Waals surface area contributed by atoms with E-state index in [4.69, 9.17) is 16.2 Å². The molecule has 0 aromatic heterocycles. The van der Waals surface area contributed by atoms with E-state index < -0.39 is 11.4 Å². The Labute approximate surface area is 163 Å². The molecule has 1 fully saturated rings. The monoisotopic (exact) mass is 380 g/mol. The lowest BCUT2D eigenvalue weighted by Crippen LogP contribution is -2.31. The van der Waals surface area contributed by atoms with Crippen molar-refractivity contribution < 1.29 is 14.7 Å². The molecule has 1 aliphatic heterocycles. The normalized spacial score (nSPS) is 14.4. The highest BCUT2D eigenvalue weighted by molar-refractivity contribution is 6.06. The third-order valence-corrected chi connectivity index (χ3v) is 5.05. The van der Waals surface area contributed by atoms with Crippen LogP contribution in [0, 0.1) is 5.41 Å². The lowest BCUT2D eigenvalue weighted by Gasteiger charge is -2.24. The van der Waals surface area contributed by atoms with Crippen molar-refractivity contribution in [3.8, 4) is 0 Å². The second kappa shape index (κ2) is 7.34. The van der Waals surface area contributed by atoms with E-state index in [1.165, 1.54) is 0 Å². The number of nitrogen functional groups attached to an aromatic ring is 1. The molecule has 1 aliphatic rings. The zero-order valence-corrected chi connectivity index (χ0v) is 16.0. The molecule has 28 heavy (non-hydrogen) atoms. The molecule has 3 rings (SSSR count). The number of amides is 2. The van der Waals surface area contributed by atoms with Gasteiger partial charge >= 0.3 is 12.0 Å². The summed E-state index contributed by atoms with van der Waals surface area (Å²) in [6.07, 6.45) is 0.0407. The number of hydrogen-bond donors (Lipinski definition) is 3. The van der Waals surface area contributed by atoms with Gasteiger partial charge in [0.25, 0.3) is 0 Å². The van der Waals surface area contributed by atoms with Crippen molar-refractivity contribution in [2.45, 2.75) is 25.7 Å². The predicted octanol–water partition coefficient (Wildman–Crippen LogP) is 3.17. The first kappa shape index (κ1) is 19.4. The van der Waals surface area contributed by atoms with Crippen LogP contribution in [0.15, 0.2) is 48.5 Å². The number of carbonyl (C=O) groups excluding carboxylic acids is 1. The first-order valence-corrected chi connectivity index (χ1v) is 9.05. The van der Waals surface area contributed by atoms with Gasteiger partial charge in [0.15, 0.2) is 0 Å². The van der Waals surface area contributed by atoms with Gasteiger partial charge in [-0.1, -0.05) is 26.0 Å². The van der Waals surface area contributed by atoms with Crippen LogP contribution >= 0.6 is 0 Å². The molecule has 0 aliphatic carbocycles. The van der Waals surface area contributed by atoms with E-state index in [1.807, 2.05) is 38.1 Å². The highest BCUT2D eigenvalue weighted by atomic mass is 16.4. The van der Waals surface area contributed by atoms with Crippen molar-refractivity contribution in [2.24, 2.45) is 5.73 Å². The average molecular weight is 380 g/mol. The van der Waals surface area contributed by atoms with Gasteiger partial charge in [-0.25, -0.2) is 4.79 Å². The lowest BCUT2D eigenvalue weighted by molar-refractivity contribution is -0.138. The van der Waals surface area contributed by atoms with Gasteiger partial charge in [0, 0.05) is 35.4 Å². The minimum Gasteiger partial charge on any atom is -0.481 e. The Morgan fingerprint density at radius 1 is 1.04 bits per heavy atom. The van der Waals surface area contributed by atoms with E-state index >= 15 is 0 Å². The van der Waals surface area contributed by atoms with Gasteiger partial charge in [-0.2, -0.15) is 0 Å². The zero-order valence-electron chi connectivity index (χ0n) is 16.0. The van der Waals surface area contributed by atoms with E-state index in [2.05, 4.69) is 0 Å². The van der Waals surface area contributed by atoms with Crippen molar-refractivity contribution in [1.82, 2.24) is 0 Å². The molecule has 0 radical (unpaired) electrons. The number of hydrogen-bond acceptors (Lipinski definition) is 3. The van der Waals surface area contributed by atoms with Crippen LogP contribution in [0.25, 0.3) is 0 Å². The number of benzene rings is 2. The Morgan fingerprint density at radius 2 is 1.50 bits per heavy atom. The van der Waals surface area contributed by atoms with Crippen molar-refractivity contribution in [3.05, 3.63) is 59.7 Å². The van der Waals surface area contributed by atoms with Crippen LogP contribution in [0.4, 0.5) is 16.2 Å². The molecule has 7 nitrogen and oxygen atoms in total. The highest BCUT2D eigenvalue weighted by Gasteiger charge is 2.31. The number of carboxylic acid groups (broad SMARTS) is 1. The Hall–Kier alpha value is -3.35. The first-order valence-electron chi connectivity index (χ1n) is 9.05.